The van der Waals surface area contributed by atoms with E-state index in [0.29, 0.717) is 25.3 Å². The van der Waals surface area contributed by atoms with E-state index in [0.717, 1.165) is 29.4 Å². The molecule has 1 aliphatic heterocycles. The van der Waals surface area contributed by atoms with E-state index >= 15 is 0 Å². The standard InChI is InChI=1S/C33H39BrN2O6/c1-19-35-33(28(39)18-40-20(2)37)29(42-19)16-26-25-9-8-22-15-24(36-41-13-11-21-6-5-7-23(34)14-21)10-12-31(22,3)30(25)27(38)17-32(26,33)4/h5-7,10,12,14-15,25-27,29-30,38H,8-9,11,13,16-18H2,1-4H3/b36-24+/t25-,26-,27-,29+,30+,31-,32-,33+/m0/s1. The minimum Gasteiger partial charge on any atom is -0.475 e. The molecule has 5 aliphatic rings. The minimum atomic E-state index is -1.16. The number of Topliss-reactive ketones (excluding diaryl/α,β-unsaturated/α-hetero) is 1. The first-order valence-corrected chi connectivity index (χ1v) is 15.7. The third-order valence-electron chi connectivity index (χ3n) is 10.7. The molecule has 3 fully saturated rings. The van der Waals surface area contributed by atoms with Crippen LogP contribution in [0.3, 0.4) is 0 Å². The number of hydrogen-bond acceptors (Lipinski definition) is 8. The summed E-state index contributed by atoms with van der Waals surface area (Å²) in [6.07, 6.45) is 8.94. The average Bonchev–Trinajstić information content (AvgIpc) is 3.39. The lowest BCUT2D eigenvalue weighted by molar-refractivity contribution is -0.154. The van der Waals surface area contributed by atoms with Crippen molar-refractivity contribution in [3.63, 3.8) is 0 Å². The van der Waals surface area contributed by atoms with Gasteiger partial charge in [-0.05, 0) is 67.4 Å². The molecule has 42 heavy (non-hydrogen) atoms. The first kappa shape index (κ1) is 29.3. The smallest absolute Gasteiger partial charge is 0.303 e. The summed E-state index contributed by atoms with van der Waals surface area (Å²) in [6.45, 7) is 7.54. The highest BCUT2D eigenvalue weighted by molar-refractivity contribution is 9.10. The zero-order valence-corrected chi connectivity index (χ0v) is 26.2. The van der Waals surface area contributed by atoms with Gasteiger partial charge in [0, 0.05) is 41.5 Å². The number of halogens is 1. The van der Waals surface area contributed by atoms with Crippen molar-refractivity contribution in [3.8, 4) is 0 Å². The molecule has 0 saturated heterocycles. The molecule has 8 nitrogen and oxygen atoms in total. The maximum atomic E-state index is 13.8. The van der Waals surface area contributed by atoms with Crippen molar-refractivity contribution < 1.29 is 29.0 Å². The number of nitrogens with zero attached hydrogens (tertiary/aromatic N) is 2. The summed E-state index contributed by atoms with van der Waals surface area (Å²) in [5, 5.41) is 16.3. The fraction of sp³-hybridized carbons (Fsp3) is 0.576. The molecule has 4 aliphatic carbocycles. The number of oxime groups is 1. The number of allylic oxidation sites excluding steroid dienone is 4. The van der Waals surface area contributed by atoms with Gasteiger partial charge >= 0.3 is 5.97 Å². The number of rotatable bonds is 7. The van der Waals surface area contributed by atoms with Crippen molar-refractivity contribution in [1.29, 1.82) is 0 Å². The van der Waals surface area contributed by atoms with Gasteiger partial charge in [-0.2, -0.15) is 0 Å². The van der Waals surface area contributed by atoms with Crippen LogP contribution in [0.15, 0.2) is 62.7 Å². The van der Waals surface area contributed by atoms with Gasteiger partial charge in [-0.3, -0.25) is 9.59 Å². The molecule has 224 valence electrons. The third kappa shape index (κ3) is 4.58. The zero-order valence-electron chi connectivity index (χ0n) is 24.6. The van der Waals surface area contributed by atoms with E-state index in [-0.39, 0.29) is 35.6 Å². The fourth-order valence-corrected chi connectivity index (χ4v) is 9.46. The van der Waals surface area contributed by atoms with Gasteiger partial charge < -0.3 is 19.4 Å². The summed E-state index contributed by atoms with van der Waals surface area (Å²) < 4.78 is 12.4. The molecule has 0 radical (unpaired) electrons. The maximum absolute atomic E-state index is 13.8. The van der Waals surface area contributed by atoms with Crippen LogP contribution < -0.4 is 0 Å². The van der Waals surface area contributed by atoms with E-state index < -0.39 is 29.1 Å². The molecule has 0 spiro atoms. The summed E-state index contributed by atoms with van der Waals surface area (Å²) >= 11 is 3.51. The number of fused-ring (bicyclic) bond motifs is 7. The lowest BCUT2D eigenvalue weighted by Crippen LogP contribution is -2.62. The Bertz CT molecular complexity index is 1420. The highest BCUT2D eigenvalue weighted by atomic mass is 79.9. The van der Waals surface area contributed by atoms with Crippen molar-refractivity contribution in [3.05, 3.63) is 58.1 Å². The molecule has 3 saturated carbocycles. The SMILES string of the molecule is CC(=O)OCC(=O)[C@@]12N=C(C)O[C@@H]1C[C@H]1[C@@H]3CCC4=C/C(=N/OCCc5cccc(Br)c5)C=C[C@]4(C)[C@H]3[C@@H](O)C[C@@]12C. The molecule has 0 bridgehead atoms. The van der Waals surface area contributed by atoms with E-state index in [4.69, 9.17) is 19.3 Å². The number of ether oxygens (including phenoxy) is 2. The number of aliphatic hydroxyl groups excluding tert-OH is 1. The number of aliphatic hydroxyl groups is 1. The molecule has 8 atom stereocenters. The second-order valence-corrected chi connectivity index (χ2v) is 13.9. The van der Waals surface area contributed by atoms with E-state index in [1.165, 1.54) is 18.1 Å². The molecule has 1 aromatic carbocycles. The maximum Gasteiger partial charge on any atom is 0.303 e. The van der Waals surface area contributed by atoms with Crippen molar-refractivity contribution in [1.82, 2.24) is 0 Å². The molecule has 6 rings (SSSR count). The van der Waals surface area contributed by atoms with Crippen LogP contribution in [0.5, 0.6) is 0 Å². The summed E-state index contributed by atoms with van der Waals surface area (Å²) in [5.41, 5.74) is 1.13. The summed E-state index contributed by atoms with van der Waals surface area (Å²) in [5.74, 6) is 0.0622. The summed E-state index contributed by atoms with van der Waals surface area (Å²) in [7, 11) is 0. The number of carbonyl (C=O) groups excluding carboxylic acids is 2. The Morgan fingerprint density at radius 2 is 2.10 bits per heavy atom. The number of hydrogen-bond donors (Lipinski definition) is 1. The Labute approximate surface area is 255 Å². The van der Waals surface area contributed by atoms with Crippen LogP contribution in [0.2, 0.25) is 0 Å². The number of carbonyl (C=O) groups is 2. The summed E-state index contributed by atoms with van der Waals surface area (Å²) in [4.78, 5) is 35.8. The van der Waals surface area contributed by atoms with E-state index in [9.17, 15) is 14.7 Å². The van der Waals surface area contributed by atoms with Crippen molar-refractivity contribution in [2.24, 2.45) is 38.7 Å². The first-order valence-electron chi connectivity index (χ1n) is 14.9. The van der Waals surface area contributed by atoms with Gasteiger partial charge in [-0.1, -0.05) is 58.7 Å². The predicted octanol–water partition coefficient (Wildman–Crippen LogP) is 5.37. The summed E-state index contributed by atoms with van der Waals surface area (Å²) in [6, 6.07) is 8.17. The lowest BCUT2D eigenvalue weighted by Gasteiger charge is -2.59. The van der Waals surface area contributed by atoms with E-state index in [1.807, 2.05) is 18.2 Å². The molecule has 9 heteroatoms. The Morgan fingerprint density at radius 1 is 1.29 bits per heavy atom. The Hall–Kier alpha value is -2.78. The first-order chi connectivity index (χ1) is 20.0. The monoisotopic (exact) mass is 638 g/mol. The van der Waals surface area contributed by atoms with Gasteiger partial charge in [-0.25, -0.2) is 4.99 Å². The quantitative estimate of drug-likeness (QED) is 0.244. The second-order valence-electron chi connectivity index (χ2n) is 13.0. The molecule has 0 unspecified atom stereocenters. The van der Waals surface area contributed by atoms with Crippen LogP contribution in [0.1, 0.15) is 58.9 Å². The number of aliphatic imine (C=N–C) groups is 1. The highest BCUT2D eigenvalue weighted by Crippen LogP contribution is 2.69. The van der Waals surface area contributed by atoms with E-state index in [1.54, 1.807) is 6.92 Å². The zero-order chi connectivity index (χ0) is 29.9. The highest BCUT2D eigenvalue weighted by Gasteiger charge is 2.74. The second kappa shape index (κ2) is 10.7. The fourth-order valence-electron chi connectivity index (χ4n) is 9.01. The number of benzene rings is 1. The van der Waals surface area contributed by atoms with Gasteiger partial charge in [-0.15, -0.1) is 0 Å². The minimum absolute atomic E-state index is 0.00431. The molecule has 0 amide bonds. The van der Waals surface area contributed by atoms with Crippen LogP contribution in [0, 0.1) is 28.6 Å². The molecule has 1 aromatic rings. The van der Waals surface area contributed by atoms with Crippen LogP contribution in [0.4, 0.5) is 0 Å². The Morgan fingerprint density at radius 3 is 2.86 bits per heavy atom. The average molecular weight is 640 g/mol. The predicted molar refractivity (Wildman–Crippen MR) is 162 cm³/mol. The molecular weight excluding hydrogens is 600 g/mol. The lowest BCUT2D eigenvalue weighted by atomic mass is 9.46. The number of esters is 1. The van der Waals surface area contributed by atoms with Crippen LogP contribution in [-0.4, -0.2) is 59.4 Å². The Kier molecular flexibility index (Phi) is 7.49. The molecule has 0 aromatic heterocycles. The van der Waals surface area contributed by atoms with Crippen molar-refractivity contribution in [2.75, 3.05) is 13.2 Å². The largest absolute Gasteiger partial charge is 0.475 e. The van der Waals surface area contributed by atoms with E-state index in [2.05, 4.69) is 59.2 Å². The normalized spacial score (nSPS) is 38.8. The van der Waals surface area contributed by atoms with Crippen LogP contribution >= 0.6 is 15.9 Å². The van der Waals surface area contributed by atoms with Crippen molar-refractivity contribution in [2.45, 2.75) is 77.5 Å². The molecule has 1 N–H and O–H groups in total. The van der Waals surface area contributed by atoms with Gasteiger partial charge in [0.1, 0.15) is 18.4 Å². The molecular formula is C33H39BrN2O6. The molecule has 1 heterocycles. The van der Waals surface area contributed by atoms with Crippen molar-refractivity contribution >= 4 is 39.3 Å². The Balaban J connectivity index is 1.21. The van der Waals surface area contributed by atoms with Gasteiger partial charge in [0.15, 0.2) is 18.0 Å². The van der Waals surface area contributed by atoms with Crippen LogP contribution in [-0.2, 0) is 30.3 Å². The topological polar surface area (TPSA) is 107 Å². The third-order valence-corrected chi connectivity index (χ3v) is 11.2. The van der Waals surface area contributed by atoms with Gasteiger partial charge in [0.05, 0.1) is 6.10 Å². The number of ketones is 1. The van der Waals surface area contributed by atoms with Crippen LogP contribution in [0.25, 0.3) is 0 Å². The van der Waals surface area contributed by atoms with Gasteiger partial charge in [0.2, 0.25) is 5.78 Å². The van der Waals surface area contributed by atoms with Gasteiger partial charge in [0.25, 0.3) is 0 Å².